The number of rotatable bonds is 4. The average molecular weight is 395 g/mol. The fourth-order valence-corrected chi connectivity index (χ4v) is 3.40. The zero-order valence-electron chi connectivity index (χ0n) is 14.7. The first-order valence-corrected chi connectivity index (χ1v) is 9.25. The van der Waals surface area contributed by atoms with Gasteiger partial charge in [0.05, 0.1) is 11.6 Å². The van der Waals surface area contributed by atoms with Gasteiger partial charge in [0.25, 0.3) is 5.91 Å². The van der Waals surface area contributed by atoms with Gasteiger partial charge in [-0.2, -0.15) is 0 Å². The van der Waals surface area contributed by atoms with E-state index in [0.29, 0.717) is 35.5 Å². The minimum absolute atomic E-state index is 0.0809. The predicted octanol–water partition coefficient (Wildman–Crippen LogP) is 4.55. The van der Waals surface area contributed by atoms with Crippen LogP contribution in [0.1, 0.15) is 35.2 Å². The minimum Gasteiger partial charge on any atom is -0.392 e. The topological polar surface area (TPSA) is 52.6 Å². The number of carbonyl (C=O) groups is 1. The summed E-state index contributed by atoms with van der Waals surface area (Å²) in [5.74, 6) is -0.957. The van der Waals surface area contributed by atoms with Gasteiger partial charge in [0.2, 0.25) is 0 Å². The van der Waals surface area contributed by atoms with Gasteiger partial charge in [0.1, 0.15) is 12.0 Å². The molecular formula is C20H21ClF2N2O2. The lowest BCUT2D eigenvalue weighted by Gasteiger charge is -2.26. The van der Waals surface area contributed by atoms with Crippen LogP contribution in [0.4, 0.5) is 20.2 Å². The monoisotopic (exact) mass is 394 g/mol. The number of aliphatic hydroxyl groups is 1. The first-order chi connectivity index (χ1) is 13.0. The minimum atomic E-state index is -0.933. The lowest BCUT2D eigenvalue weighted by Crippen LogP contribution is -2.30. The summed E-state index contributed by atoms with van der Waals surface area (Å²) in [6, 6.07) is 8.85. The van der Waals surface area contributed by atoms with Gasteiger partial charge in [-0.25, -0.2) is 8.78 Å². The van der Waals surface area contributed by atoms with Crippen LogP contribution >= 0.6 is 11.6 Å². The highest BCUT2D eigenvalue weighted by Gasteiger charge is 2.21. The molecule has 0 saturated carbocycles. The SMILES string of the molecule is O=C(Nc1ccc(F)c(Cl)c1)c1ccc(CO)c(N2CCCCC(F)C2)c1. The molecule has 144 valence electrons. The maximum atomic E-state index is 14.0. The lowest BCUT2D eigenvalue weighted by molar-refractivity contribution is 0.102. The highest BCUT2D eigenvalue weighted by Crippen LogP contribution is 2.27. The van der Waals surface area contributed by atoms with Crippen molar-refractivity contribution < 1.29 is 18.7 Å². The molecule has 1 atom stereocenters. The summed E-state index contributed by atoms with van der Waals surface area (Å²) in [7, 11) is 0. The molecule has 1 unspecified atom stereocenters. The number of aliphatic hydroxyl groups excluding tert-OH is 1. The Balaban J connectivity index is 1.85. The number of hydrogen-bond donors (Lipinski definition) is 2. The van der Waals surface area contributed by atoms with Crippen LogP contribution in [-0.2, 0) is 6.61 Å². The second-order valence-corrected chi connectivity index (χ2v) is 7.03. The smallest absolute Gasteiger partial charge is 0.255 e. The number of hydrogen-bond acceptors (Lipinski definition) is 3. The van der Waals surface area contributed by atoms with Crippen molar-refractivity contribution in [3.8, 4) is 0 Å². The summed E-state index contributed by atoms with van der Waals surface area (Å²) in [5.41, 5.74) is 2.04. The van der Waals surface area contributed by atoms with E-state index in [1.54, 1.807) is 18.2 Å². The van der Waals surface area contributed by atoms with E-state index in [4.69, 9.17) is 11.6 Å². The van der Waals surface area contributed by atoms with Crippen molar-refractivity contribution in [3.05, 3.63) is 58.4 Å². The summed E-state index contributed by atoms with van der Waals surface area (Å²) in [6.07, 6.45) is 1.27. The normalized spacial score (nSPS) is 17.5. The molecule has 7 heteroatoms. The molecule has 0 bridgehead atoms. The molecule has 27 heavy (non-hydrogen) atoms. The van der Waals surface area contributed by atoms with Gasteiger partial charge in [-0.3, -0.25) is 4.79 Å². The van der Waals surface area contributed by atoms with E-state index in [9.17, 15) is 18.7 Å². The van der Waals surface area contributed by atoms with Crippen LogP contribution in [0.25, 0.3) is 0 Å². The van der Waals surface area contributed by atoms with Gasteiger partial charge < -0.3 is 15.3 Å². The van der Waals surface area contributed by atoms with E-state index in [1.807, 2.05) is 4.90 Å². The van der Waals surface area contributed by atoms with Crippen LogP contribution in [0.5, 0.6) is 0 Å². The van der Waals surface area contributed by atoms with Gasteiger partial charge in [0, 0.05) is 35.6 Å². The molecule has 1 aliphatic rings. The largest absolute Gasteiger partial charge is 0.392 e. The second-order valence-electron chi connectivity index (χ2n) is 6.62. The maximum absolute atomic E-state index is 14.0. The number of benzene rings is 2. The molecule has 0 spiro atoms. The van der Waals surface area contributed by atoms with Crippen molar-refractivity contribution in [2.45, 2.75) is 32.0 Å². The van der Waals surface area contributed by atoms with Crippen molar-refractivity contribution in [2.75, 3.05) is 23.3 Å². The van der Waals surface area contributed by atoms with Crippen molar-refractivity contribution in [1.29, 1.82) is 0 Å². The quantitative estimate of drug-likeness (QED) is 0.799. The number of amides is 1. The molecule has 2 N–H and O–H groups in total. The van der Waals surface area contributed by atoms with Crippen molar-refractivity contribution in [1.82, 2.24) is 0 Å². The molecule has 1 saturated heterocycles. The van der Waals surface area contributed by atoms with Gasteiger partial charge in [0.15, 0.2) is 0 Å². The first-order valence-electron chi connectivity index (χ1n) is 8.87. The van der Waals surface area contributed by atoms with E-state index in [-0.39, 0.29) is 18.2 Å². The summed E-state index contributed by atoms with van der Waals surface area (Å²) in [5, 5.41) is 12.2. The van der Waals surface area contributed by atoms with Crippen LogP contribution in [0, 0.1) is 5.82 Å². The number of carbonyl (C=O) groups excluding carboxylic acids is 1. The molecule has 1 heterocycles. The molecule has 0 aromatic heterocycles. The molecule has 4 nitrogen and oxygen atoms in total. The Morgan fingerprint density at radius 3 is 2.81 bits per heavy atom. The molecule has 1 aliphatic heterocycles. The molecule has 3 rings (SSSR count). The van der Waals surface area contributed by atoms with E-state index in [0.717, 1.165) is 12.8 Å². The summed E-state index contributed by atoms with van der Waals surface area (Å²) >= 11 is 5.74. The number of anilines is 2. The van der Waals surface area contributed by atoms with E-state index >= 15 is 0 Å². The van der Waals surface area contributed by atoms with Gasteiger partial charge in [-0.1, -0.05) is 17.7 Å². The van der Waals surface area contributed by atoms with E-state index < -0.39 is 17.9 Å². The number of halogens is 3. The Morgan fingerprint density at radius 2 is 2.07 bits per heavy atom. The van der Waals surface area contributed by atoms with Crippen LogP contribution in [0.3, 0.4) is 0 Å². The highest BCUT2D eigenvalue weighted by atomic mass is 35.5. The Bertz CT molecular complexity index is 832. The second kappa shape index (κ2) is 8.67. The fourth-order valence-electron chi connectivity index (χ4n) is 3.22. The van der Waals surface area contributed by atoms with Crippen molar-refractivity contribution in [2.24, 2.45) is 0 Å². The molecule has 2 aromatic rings. The molecule has 0 radical (unpaired) electrons. The van der Waals surface area contributed by atoms with Crippen LogP contribution in [0.15, 0.2) is 36.4 Å². The Morgan fingerprint density at radius 1 is 1.26 bits per heavy atom. The maximum Gasteiger partial charge on any atom is 0.255 e. The van der Waals surface area contributed by atoms with Gasteiger partial charge in [-0.15, -0.1) is 0 Å². The van der Waals surface area contributed by atoms with E-state index in [2.05, 4.69) is 5.32 Å². The highest BCUT2D eigenvalue weighted by molar-refractivity contribution is 6.31. The number of nitrogens with zero attached hydrogens (tertiary/aromatic N) is 1. The number of alkyl halides is 1. The molecular weight excluding hydrogens is 374 g/mol. The van der Waals surface area contributed by atoms with Gasteiger partial charge >= 0.3 is 0 Å². The zero-order valence-corrected chi connectivity index (χ0v) is 15.5. The standard InChI is InChI=1S/C20H21ClF2N2O2/c21-17-10-16(6-7-18(17)23)24-20(27)13-4-5-14(12-26)19(9-13)25-8-2-1-3-15(22)11-25/h4-7,9-10,15,26H,1-3,8,11-12H2,(H,24,27). The first kappa shape index (κ1) is 19.6. The van der Waals surface area contributed by atoms with Crippen LogP contribution < -0.4 is 10.2 Å². The number of nitrogens with one attached hydrogen (secondary N) is 1. The summed E-state index contributed by atoms with van der Waals surface area (Å²) in [4.78, 5) is 14.5. The zero-order chi connectivity index (χ0) is 19.4. The molecule has 2 aromatic carbocycles. The van der Waals surface area contributed by atoms with E-state index in [1.165, 1.54) is 18.2 Å². The molecule has 1 fully saturated rings. The third-order valence-corrected chi connectivity index (χ3v) is 4.94. The summed E-state index contributed by atoms with van der Waals surface area (Å²) in [6.45, 7) is 0.718. The third-order valence-electron chi connectivity index (χ3n) is 4.65. The molecule has 1 amide bonds. The average Bonchev–Trinajstić information content (AvgIpc) is 2.88. The van der Waals surface area contributed by atoms with Crippen LogP contribution in [-0.4, -0.2) is 30.3 Å². The summed E-state index contributed by atoms with van der Waals surface area (Å²) < 4.78 is 27.3. The van der Waals surface area contributed by atoms with Crippen LogP contribution in [0.2, 0.25) is 5.02 Å². The van der Waals surface area contributed by atoms with Crippen molar-refractivity contribution in [3.63, 3.8) is 0 Å². The Labute approximate surface area is 161 Å². The Kier molecular flexibility index (Phi) is 6.29. The third kappa shape index (κ3) is 4.76. The van der Waals surface area contributed by atoms with Crippen molar-refractivity contribution >= 4 is 28.9 Å². The predicted molar refractivity (Wildman–Crippen MR) is 103 cm³/mol. The van der Waals surface area contributed by atoms with Gasteiger partial charge in [-0.05, 0) is 49.6 Å². The Hall–Kier alpha value is -2.18. The lowest BCUT2D eigenvalue weighted by atomic mass is 10.1. The fraction of sp³-hybridized carbons (Fsp3) is 0.350. The molecule has 0 aliphatic carbocycles.